The number of sulfonamides is 2. The summed E-state index contributed by atoms with van der Waals surface area (Å²) >= 11 is 0. The van der Waals surface area contributed by atoms with E-state index in [9.17, 15) is 34.4 Å². The van der Waals surface area contributed by atoms with Crippen molar-refractivity contribution in [1.29, 1.82) is 0 Å². The maximum Gasteiger partial charge on any atom is 0.264 e. The van der Waals surface area contributed by atoms with E-state index in [0.717, 1.165) is 24.3 Å². The molecular weight excluding hydrogens is 448 g/mol. The van der Waals surface area contributed by atoms with Gasteiger partial charge in [-0.1, -0.05) is 0 Å². The number of hydrogen-bond donors (Lipinski definition) is 2. The van der Waals surface area contributed by atoms with Crippen LogP contribution < -0.4 is 9.44 Å². The van der Waals surface area contributed by atoms with Gasteiger partial charge in [-0.25, -0.2) is 34.4 Å². The number of benzene rings is 3. The van der Waals surface area contributed by atoms with Gasteiger partial charge in [-0.2, -0.15) is 0 Å². The molecule has 0 aromatic heterocycles. The summed E-state index contributed by atoms with van der Waals surface area (Å²) < 4.78 is 106. The van der Waals surface area contributed by atoms with Gasteiger partial charge in [-0.3, -0.25) is 9.44 Å². The second-order valence-corrected chi connectivity index (χ2v) is 9.27. The maximum absolute atomic E-state index is 13.7. The maximum atomic E-state index is 13.7. The van der Waals surface area contributed by atoms with E-state index in [4.69, 9.17) is 0 Å². The Kier molecular flexibility index (Phi) is 5.72. The first-order chi connectivity index (χ1) is 14.0. The molecule has 0 spiro atoms. The highest BCUT2D eigenvalue weighted by Gasteiger charge is 2.21. The molecule has 158 valence electrons. The third-order valence-electron chi connectivity index (χ3n) is 3.77. The molecule has 0 saturated heterocycles. The van der Waals surface area contributed by atoms with Crippen LogP contribution in [0.4, 0.5) is 28.9 Å². The van der Waals surface area contributed by atoms with Gasteiger partial charge in [-0.15, -0.1) is 0 Å². The summed E-state index contributed by atoms with van der Waals surface area (Å²) in [6.45, 7) is 0. The average molecular weight is 460 g/mol. The average Bonchev–Trinajstić information content (AvgIpc) is 2.67. The number of hydrogen-bond acceptors (Lipinski definition) is 4. The van der Waals surface area contributed by atoms with Gasteiger partial charge >= 0.3 is 0 Å². The lowest BCUT2D eigenvalue weighted by atomic mass is 10.3. The summed E-state index contributed by atoms with van der Waals surface area (Å²) in [5.41, 5.74) is -0.0750. The van der Waals surface area contributed by atoms with E-state index in [0.29, 0.717) is 24.3 Å². The van der Waals surface area contributed by atoms with Crippen LogP contribution in [0, 0.1) is 23.3 Å². The van der Waals surface area contributed by atoms with Crippen LogP contribution in [0.3, 0.4) is 0 Å². The van der Waals surface area contributed by atoms with E-state index in [-0.39, 0.29) is 11.4 Å². The fourth-order valence-corrected chi connectivity index (χ4v) is 4.58. The highest BCUT2D eigenvalue weighted by atomic mass is 32.2. The topological polar surface area (TPSA) is 92.3 Å². The fourth-order valence-electron chi connectivity index (χ4n) is 2.36. The zero-order valence-corrected chi connectivity index (χ0v) is 16.4. The molecule has 0 amide bonds. The molecule has 0 aliphatic heterocycles. The Balaban J connectivity index is 1.79. The van der Waals surface area contributed by atoms with Crippen molar-refractivity contribution in [2.45, 2.75) is 9.79 Å². The quantitative estimate of drug-likeness (QED) is 0.547. The van der Waals surface area contributed by atoms with Gasteiger partial charge in [-0.05, 0) is 60.7 Å². The van der Waals surface area contributed by atoms with E-state index in [1.807, 2.05) is 4.72 Å². The molecule has 0 saturated carbocycles. The van der Waals surface area contributed by atoms with E-state index in [1.165, 1.54) is 12.1 Å². The third-order valence-corrected chi connectivity index (χ3v) is 6.55. The molecule has 3 aromatic carbocycles. The standard InChI is InChI=1S/C18H12F4N2O4S2/c19-11-1-7-16(21)18(9-11)30(27,28)24-13-4-2-12(3-5-13)23-29(25,26)14-6-8-15(20)17(22)10-14/h1-10,23-24H. The first-order valence-corrected chi connectivity index (χ1v) is 11.0. The van der Waals surface area contributed by atoms with Crippen LogP contribution >= 0.6 is 0 Å². The van der Waals surface area contributed by atoms with Gasteiger partial charge in [0.15, 0.2) is 11.6 Å². The number of halogens is 4. The van der Waals surface area contributed by atoms with Crippen molar-refractivity contribution in [2.75, 3.05) is 9.44 Å². The predicted octanol–water partition coefficient (Wildman–Crippen LogP) is 3.84. The normalized spacial score (nSPS) is 11.9. The molecule has 0 radical (unpaired) electrons. The summed E-state index contributed by atoms with van der Waals surface area (Å²) in [7, 11) is -8.69. The van der Waals surface area contributed by atoms with Crippen molar-refractivity contribution in [3.8, 4) is 0 Å². The summed E-state index contributed by atoms with van der Waals surface area (Å²) in [6.07, 6.45) is 0. The molecular formula is C18H12F4N2O4S2. The first kappa shape index (κ1) is 21.6. The molecule has 0 aliphatic carbocycles. The molecule has 3 rings (SSSR count). The molecule has 0 atom stereocenters. The van der Waals surface area contributed by atoms with Gasteiger partial charge < -0.3 is 0 Å². The van der Waals surface area contributed by atoms with Gasteiger partial charge in [0.05, 0.1) is 4.90 Å². The SMILES string of the molecule is O=S(=O)(Nc1ccc(NS(=O)(=O)c2cc(F)ccc2F)cc1)c1ccc(F)c(F)c1. The van der Waals surface area contributed by atoms with Crippen LogP contribution in [0.2, 0.25) is 0 Å². The number of nitrogens with one attached hydrogen (secondary N) is 2. The minimum Gasteiger partial charge on any atom is -0.280 e. The molecule has 30 heavy (non-hydrogen) atoms. The Morgan fingerprint density at radius 1 is 0.567 bits per heavy atom. The number of anilines is 2. The zero-order chi connectivity index (χ0) is 22.1. The summed E-state index contributed by atoms with van der Waals surface area (Å²) in [5.74, 6) is -4.65. The second-order valence-electron chi connectivity index (χ2n) is 5.94. The minimum atomic E-state index is -4.45. The molecule has 0 bridgehead atoms. The highest BCUT2D eigenvalue weighted by Crippen LogP contribution is 2.23. The van der Waals surface area contributed by atoms with E-state index >= 15 is 0 Å². The van der Waals surface area contributed by atoms with Crippen LogP contribution in [0.15, 0.2) is 70.5 Å². The third kappa shape index (κ3) is 4.71. The number of rotatable bonds is 6. The van der Waals surface area contributed by atoms with Gasteiger partial charge in [0, 0.05) is 11.4 Å². The monoisotopic (exact) mass is 460 g/mol. The van der Waals surface area contributed by atoms with Crippen molar-refractivity contribution in [1.82, 2.24) is 0 Å². The summed E-state index contributed by atoms with van der Waals surface area (Å²) in [5, 5.41) is 0. The van der Waals surface area contributed by atoms with Gasteiger partial charge in [0.1, 0.15) is 16.5 Å². The highest BCUT2D eigenvalue weighted by molar-refractivity contribution is 7.93. The van der Waals surface area contributed by atoms with Crippen LogP contribution in [-0.2, 0) is 20.0 Å². The van der Waals surface area contributed by atoms with Crippen molar-refractivity contribution >= 4 is 31.4 Å². The molecule has 0 fully saturated rings. The Bertz CT molecular complexity index is 1310. The lowest BCUT2D eigenvalue weighted by Gasteiger charge is -2.11. The van der Waals surface area contributed by atoms with Crippen LogP contribution in [-0.4, -0.2) is 16.8 Å². The van der Waals surface area contributed by atoms with Crippen molar-refractivity contribution in [3.05, 3.63) is 83.9 Å². The fraction of sp³-hybridized carbons (Fsp3) is 0. The van der Waals surface area contributed by atoms with Crippen LogP contribution in [0.25, 0.3) is 0 Å². The first-order valence-electron chi connectivity index (χ1n) is 8.04. The lowest BCUT2D eigenvalue weighted by Crippen LogP contribution is -2.15. The Morgan fingerprint density at radius 2 is 1.10 bits per heavy atom. The molecule has 6 nitrogen and oxygen atoms in total. The van der Waals surface area contributed by atoms with Gasteiger partial charge in [0.25, 0.3) is 20.0 Å². The molecule has 2 N–H and O–H groups in total. The Hall–Kier alpha value is -3.12. The largest absolute Gasteiger partial charge is 0.280 e. The Labute approximate surface area is 169 Å². The molecule has 0 heterocycles. The van der Waals surface area contributed by atoms with Crippen molar-refractivity contribution < 1.29 is 34.4 Å². The summed E-state index contributed by atoms with van der Waals surface area (Å²) in [4.78, 5) is -1.42. The van der Waals surface area contributed by atoms with Crippen molar-refractivity contribution in [3.63, 3.8) is 0 Å². The van der Waals surface area contributed by atoms with E-state index in [2.05, 4.69) is 4.72 Å². The van der Waals surface area contributed by atoms with Crippen LogP contribution in [0.5, 0.6) is 0 Å². The lowest BCUT2D eigenvalue weighted by molar-refractivity contribution is 0.504. The molecule has 0 aliphatic rings. The summed E-state index contributed by atoms with van der Waals surface area (Å²) in [6, 6.07) is 8.67. The minimum absolute atomic E-state index is 0.0142. The second kappa shape index (κ2) is 7.95. The molecule has 3 aromatic rings. The van der Waals surface area contributed by atoms with Gasteiger partial charge in [0.2, 0.25) is 0 Å². The van der Waals surface area contributed by atoms with Crippen LogP contribution in [0.1, 0.15) is 0 Å². The molecule has 0 unspecified atom stereocenters. The zero-order valence-electron chi connectivity index (χ0n) is 14.7. The smallest absolute Gasteiger partial charge is 0.264 e. The van der Waals surface area contributed by atoms with Crippen molar-refractivity contribution in [2.24, 2.45) is 0 Å². The van der Waals surface area contributed by atoms with E-state index in [1.54, 1.807) is 0 Å². The van der Waals surface area contributed by atoms with E-state index < -0.39 is 53.1 Å². The predicted molar refractivity (Wildman–Crippen MR) is 101 cm³/mol. The Morgan fingerprint density at radius 3 is 1.67 bits per heavy atom. The molecule has 12 heteroatoms.